The van der Waals surface area contributed by atoms with Crippen LogP contribution in [0, 0.1) is 5.82 Å². The van der Waals surface area contributed by atoms with Gasteiger partial charge in [0.2, 0.25) is 0 Å². The Bertz CT molecular complexity index is 344. The highest BCUT2D eigenvalue weighted by Gasteiger charge is 2.26. The van der Waals surface area contributed by atoms with Crippen LogP contribution in [-0.4, -0.2) is 6.54 Å². The Labute approximate surface area is 84.3 Å². The lowest BCUT2D eigenvalue weighted by Gasteiger charge is -2.24. The first-order chi connectivity index (χ1) is 6.61. The van der Waals surface area contributed by atoms with E-state index in [2.05, 4.69) is 19.2 Å². The monoisotopic (exact) mass is 193 g/mol. The molecule has 0 atom stereocenters. The number of rotatable bonds is 0. The van der Waals surface area contributed by atoms with Gasteiger partial charge in [0, 0.05) is 12.1 Å². The average molecular weight is 193 g/mol. The maximum Gasteiger partial charge on any atom is 0.127 e. The highest BCUT2D eigenvalue weighted by Crippen LogP contribution is 2.32. The normalized spacial score (nSPS) is 19.9. The Morgan fingerprint density at radius 1 is 1.36 bits per heavy atom. The number of benzene rings is 1. The Morgan fingerprint density at radius 3 is 2.93 bits per heavy atom. The van der Waals surface area contributed by atoms with E-state index in [1.807, 2.05) is 6.07 Å². The highest BCUT2D eigenvalue weighted by atomic mass is 19.1. The van der Waals surface area contributed by atoms with Crippen LogP contribution in [-0.2, 0) is 12.0 Å². The van der Waals surface area contributed by atoms with E-state index in [0.717, 1.165) is 24.1 Å². The molecule has 1 aliphatic rings. The molecule has 14 heavy (non-hydrogen) atoms. The van der Waals surface area contributed by atoms with E-state index >= 15 is 0 Å². The summed E-state index contributed by atoms with van der Waals surface area (Å²) in [5.74, 6) is -0.0787. The summed E-state index contributed by atoms with van der Waals surface area (Å²) in [5.41, 5.74) is 2.08. The molecule has 1 aliphatic heterocycles. The molecule has 2 heteroatoms. The third-order valence-corrected chi connectivity index (χ3v) is 3.08. The fourth-order valence-electron chi connectivity index (χ4n) is 2.12. The van der Waals surface area contributed by atoms with E-state index in [1.165, 1.54) is 0 Å². The molecular formula is C12H16FN. The van der Waals surface area contributed by atoms with Crippen molar-refractivity contribution in [3.63, 3.8) is 0 Å². The van der Waals surface area contributed by atoms with Crippen LogP contribution < -0.4 is 5.32 Å². The van der Waals surface area contributed by atoms with Crippen molar-refractivity contribution in [3.8, 4) is 0 Å². The zero-order valence-electron chi connectivity index (χ0n) is 8.73. The predicted molar refractivity (Wildman–Crippen MR) is 55.7 cm³/mol. The third kappa shape index (κ3) is 1.55. The standard InChI is InChI=1S/C12H16FN/c1-12(2)6-7-14-8-9-10(12)4-3-5-11(9)13/h3-5,14H,6-8H2,1-2H3. The largest absolute Gasteiger partial charge is 0.313 e. The number of nitrogens with one attached hydrogen (secondary N) is 1. The van der Waals surface area contributed by atoms with Crippen molar-refractivity contribution in [3.05, 3.63) is 35.1 Å². The van der Waals surface area contributed by atoms with E-state index in [-0.39, 0.29) is 11.2 Å². The molecule has 1 aromatic rings. The van der Waals surface area contributed by atoms with Crippen molar-refractivity contribution in [1.82, 2.24) is 5.32 Å². The van der Waals surface area contributed by atoms with E-state index in [9.17, 15) is 4.39 Å². The van der Waals surface area contributed by atoms with Gasteiger partial charge in [-0.05, 0) is 30.0 Å². The molecule has 0 radical (unpaired) electrons. The van der Waals surface area contributed by atoms with Crippen LogP contribution in [0.3, 0.4) is 0 Å². The molecule has 0 saturated heterocycles. The minimum Gasteiger partial charge on any atom is -0.313 e. The van der Waals surface area contributed by atoms with Gasteiger partial charge in [-0.25, -0.2) is 4.39 Å². The SMILES string of the molecule is CC1(C)CCNCc2c(F)cccc21. The lowest BCUT2D eigenvalue weighted by atomic mass is 9.80. The zero-order valence-corrected chi connectivity index (χ0v) is 8.73. The van der Waals surface area contributed by atoms with Crippen molar-refractivity contribution in [2.75, 3.05) is 6.54 Å². The molecular weight excluding hydrogens is 177 g/mol. The summed E-state index contributed by atoms with van der Waals surface area (Å²) >= 11 is 0. The summed E-state index contributed by atoms with van der Waals surface area (Å²) in [6, 6.07) is 5.40. The van der Waals surface area contributed by atoms with Crippen molar-refractivity contribution in [2.24, 2.45) is 0 Å². The second-order valence-corrected chi connectivity index (χ2v) is 4.58. The van der Waals surface area contributed by atoms with Gasteiger partial charge in [0.1, 0.15) is 5.82 Å². The Morgan fingerprint density at radius 2 is 2.14 bits per heavy atom. The maximum absolute atomic E-state index is 13.6. The fourth-order valence-corrected chi connectivity index (χ4v) is 2.12. The lowest BCUT2D eigenvalue weighted by molar-refractivity contribution is 0.476. The van der Waals surface area contributed by atoms with Crippen LogP contribution in [0.1, 0.15) is 31.4 Å². The predicted octanol–water partition coefficient (Wildman–Crippen LogP) is 2.60. The van der Waals surface area contributed by atoms with E-state index in [4.69, 9.17) is 0 Å². The van der Waals surface area contributed by atoms with Gasteiger partial charge < -0.3 is 5.32 Å². The van der Waals surface area contributed by atoms with Crippen LogP contribution in [0.5, 0.6) is 0 Å². The molecule has 0 bridgehead atoms. The minimum absolute atomic E-state index is 0.0787. The second-order valence-electron chi connectivity index (χ2n) is 4.58. The molecule has 2 rings (SSSR count). The van der Waals surface area contributed by atoms with Gasteiger partial charge >= 0.3 is 0 Å². The average Bonchev–Trinajstić information content (AvgIpc) is 2.27. The third-order valence-electron chi connectivity index (χ3n) is 3.08. The molecule has 0 aromatic heterocycles. The first kappa shape index (κ1) is 9.66. The molecule has 0 amide bonds. The number of hydrogen-bond acceptors (Lipinski definition) is 1. The minimum atomic E-state index is -0.0787. The quantitative estimate of drug-likeness (QED) is 0.667. The van der Waals surface area contributed by atoms with Crippen molar-refractivity contribution in [1.29, 1.82) is 0 Å². The van der Waals surface area contributed by atoms with Gasteiger partial charge in [-0.1, -0.05) is 26.0 Å². The summed E-state index contributed by atoms with van der Waals surface area (Å²) in [7, 11) is 0. The lowest BCUT2D eigenvalue weighted by Crippen LogP contribution is -2.20. The summed E-state index contributed by atoms with van der Waals surface area (Å²) in [4.78, 5) is 0. The zero-order chi connectivity index (χ0) is 10.2. The summed E-state index contributed by atoms with van der Waals surface area (Å²) < 4.78 is 13.6. The number of halogens is 1. The topological polar surface area (TPSA) is 12.0 Å². The van der Waals surface area contributed by atoms with Gasteiger partial charge in [-0.15, -0.1) is 0 Å². The number of hydrogen-bond donors (Lipinski definition) is 1. The van der Waals surface area contributed by atoms with Crippen molar-refractivity contribution >= 4 is 0 Å². The fraction of sp³-hybridized carbons (Fsp3) is 0.500. The van der Waals surface area contributed by atoms with E-state index in [0.29, 0.717) is 6.54 Å². The van der Waals surface area contributed by atoms with Gasteiger partial charge in [-0.3, -0.25) is 0 Å². The maximum atomic E-state index is 13.6. The molecule has 0 fully saturated rings. The molecule has 1 N–H and O–H groups in total. The molecule has 76 valence electrons. The Kier molecular flexibility index (Phi) is 2.31. The van der Waals surface area contributed by atoms with Crippen LogP contribution >= 0.6 is 0 Å². The van der Waals surface area contributed by atoms with Crippen LogP contribution in [0.25, 0.3) is 0 Å². The highest BCUT2D eigenvalue weighted by molar-refractivity contribution is 5.35. The van der Waals surface area contributed by atoms with E-state index in [1.54, 1.807) is 12.1 Å². The van der Waals surface area contributed by atoms with Crippen molar-refractivity contribution < 1.29 is 4.39 Å². The van der Waals surface area contributed by atoms with Gasteiger partial charge in [0.25, 0.3) is 0 Å². The molecule has 1 nitrogen and oxygen atoms in total. The summed E-state index contributed by atoms with van der Waals surface area (Å²) in [6.07, 6.45) is 1.06. The second kappa shape index (κ2) is 3.35. The first-order valence-corrected chi connectivity index (χ1v) is 5.10. The van der Waals surface area contributed by atoms with Gasteiger partial charge in [0.05, 0.1) is 0 Å². The molecule has 0 aliphatic carbocycles. The number of fused-ring (bicyclic) bond motifs is 1. The first-order valence-electron chi connectivity index (χ1n) is 5.10. The Balaban J connectivity index is 2.56. The summed E-state index contributed by atoms with van der Waals surface area (Å²) in [5, 5.41) is 3.26. The molecule has 0 saturated carbocycles. The molecule has 0 unspecified atom stereocenters. The van der Waals surface area contributed by atoms with Crippen LogP contribution in [0.2, 0.25) is 0 Å². The Hall–Kier alpha value is -0.890. The smallest absolute Gasteiger partial charge is 0.127 e. The molecule has 0 spiro atoms. The molecule has 1 heterocycles. The van der Waals surface area contributed by atoms with Crippen LogP contribution in [0.15, 0.2) is 18.2 Å². The van der Waals surface area contributed by atoms with E-state index < -0.39 is 0 Å². The van der Waals surface area contributed by atoms with Gasteiger partial charge in [-0.2, -0.15) is 0 Å². The molecule has 1 aromatic carbocycles. The van der Waals surface area contributed by atoms with Gasteiger partial charge in [0.15, 0.2) is 0 Å². The van der Waals surface area contributed by atoms with Crippen molar-refractivity contribution in [2.45, 2.75) is 32.2 Å². The summed E-state index contributed by atoms with van der Waals surface area (Å²) in [6.45, 7) is 5.98. The van der Waals surface area contributed by atoms with Crippen LogP contribution in [0.4, 0.5) is 4.39 Å².